The Morgan fingerprint density at radius 2 is 2.35 bits per heavy atom. The second-order valence-corrected chi connectivity index (χ2v) is 3.30. The van der Waals surface area contributed by atoms with Crippen molar-refractivity contribution in [2.75, 3.05) is 12.3 Å². The van der Waals surface area contributed by atoms with E-state index in [2.05, 4.69) is 25.0 Å². The number of nitrogens with two attached hydrogens (primary N) is 1. The standard InChI is InChI=1S/C10H11N5O2/c11-8-3-1-2-7(14-8)10(16)12-5-4-9-13-6-17-15-9/h1-3,6H,4-5H2,(H2,11,14)(H,12,16). The lowest BCUT2D eigenvalue weighted by Crippen LogP contribution is -2.26. The van der Waals surface area contributed by atoms with Gasteiger partial charge in [-0.3, -0.25) is 4.79 Å². The second kappa shape index (κ2) is 5.06. The number of hydrogen-bond donors (Lipinski definition) is 2. The van der Waals surface area contributed by atoms with Gasteiger partial charge in [-0.1, -0.05) is 11.2 Å². The molecule has 7 nitrogen and oxygen atoms in total. The Bertz CT molecular complexity index is 497. The summed E-state index contributed by atoms with van der Waals surface area (Å²) in [5.41, 5.74) is 5.77. The maximum absolute atomic E-state index is 11.6. The Hall–Kier alpha value is -2.44. The van der Waals surface area contributed by atoms with Crippen molar-refractivity contribution in [2.24, 2.45) is 0 Å². The molecule has 1 amide bonds. The number of rotatable bonds is 4. The van der Waals surface area contributed by atoms with Crippen LogP contribution in [0.2, 0.25) is 0 Å². The minimum atomic E-state index is -0.277. The Balaban J connectivity index is 1.85. The van der Waals surface area contributed by atoms with Crippen LogP contribution in [0.1, 0.15) is 16.3 Å². The number of carbonyl (C=O) groups excluding carboxylic acids is 1. The lowest BCUT2D eigenvalue weighted by molar-refractivity contribution is 0.0949. The van der Waals surface area contributed by atoms with Gasteiger partial charge in [0.15, 0.2) is 5.82 Å². The van der Waals surface area contributed by atoms with Gasteiger partial charge in [-0.05, 0) is 12.1 Å². The normalized spacial score (nSPS) is 10.1. The van der Waals surface area contributed by atoms with Gasteiger partial charge in [-0.25, -0.2) is 4.98 Å². The topological polar surface area (TPSA) is 107 Å². The third-order valence-corrected chi connectivity index (χ3v) is 2.04. The second-order valence-electron chi connectivity index (χ2n) is 3.30. The molecule has 0 radical (unpaired) electrons. The van der Waals surface area contributed by atoms with Gasteiger partial charge in [0.25, 0.3) is 5.91 Å². The zero-order chi connectivity index (χ0) is 12.1. The summed E-state index contributed by atoms with van der Waals surface area (Å²) < 4.78 is 4.57. The third-order valence-electron chi connectivity index (χ3n) is 2.04. The molecule has 0 spiro atoms. The molecule has 17 heavy (non-hydrogen) atoms. The Morgan fingerprint density at radius 1 is 1.47 bits per heavy atom. The summed E-state index contributed by atoms with van der Waals surface area (Å²) in [6, 6.07) is 4.90. The van der Waals surface area contributed by atoms with E-state index < -0.39 is 0 Å². The van der Waals surface area contributed by atoms with Crippen LogP contribution in [-0.4, -0.2) is 27.6 Å². The van der Waals surface area contributed by atoms with E-state index in [0.29, 0.717) is 24.6 Å². The quantitative estimate of drug-likeness (QED) is 0.770. The fourth-order valence-corrected chi connectivity index (χ4v) is 1.26. The first-order valence-electron chi connectivity index (χ1n) is 5.01. The molecule has 0 saturated carbocycles. The number of amides is 1. The maximum atomic E-state index is 11.6. The summed E-state index contributed by atoms with van der Waals surface area (Å²) in [5, 5.41) is 6.31. The Morgan fingerprint density at radius 3 is 3.06 bits per heavy atom. The van der Waals surface area contributed by atoms with Crippen molar-refractivity contribution >= 4 is 11.7 Å². The van der Waals surface area contributed by atoms with Crippen molar-refractivity contribution < 1.29 is 9.32 Å². The number of anilines is 1. The molecule has 3 N–H and O–H groups in total. The van der Waals surface area contributed by atoms with E-state index in [1.165, 1.54) is 6.39 Å². The fraction of sp³-hybridized carbons (Fsp3) is 0.200. The van der Waals surface area contributed by atoms with Crippen molar-refractivity contribution in [3.63, 3.8) is 0 Å². The van der Waals surface area contributed by atoms with E-state index in [-0.39, 0.29) is 11.6 Å². The predicted molar refractivity (Wildman–Crippen MR) is 59.0 cm³/mol. The summed E-state index contributed by atoms with van der Waals surface area (Å²) in [4.78, 5) is 19.4. The summed E-state index contributed by atoms with van der Waals surface area (Å²) in [6.45, 7) is 0.412. The molecular weight excluding hydrogens is 222 g/mol. The average Bonchev–Trinajstić information content (AvgIpc) is 2.82. The van der Waals surface area contributed by atoms with Crippen LogP contribution in [0.25, 0.3) is 0 Å². The number of nitrogens with one attached hydrogen (secondary N) is 1. The van der Waals surface area contributed by atoms with E-state index in [1.54, 1.807) is 18.2 Å². The Labute approximate surface area is 97.0 Å². The largest absolute Gasteiger partial charge is 0.384 e. The first kappa shape index (κ1) is 11.1. The molecule has 2 heterocycles. The molecule has 2 aromatic heterocycles. The van der Waals surface area contributed by atoms with E-state index in [9.17, 15) is 4.79 Å². The van der Waals surface area contributed by atoms with E-state index in [4.69, 9.17) is 5.73 Å². The van der Waals surface area contributed by atoms with Crippen LogP contribution in [0, 0.1) is 0 Å². The third kappa shape index (κ3) is 3.00. The SMILES string of the molecule is Nc1cccc(C(=O)NCCc2ncon2)n1. The zero-order valence-corrected chi connectivity index (χ0v) is 8.96. The van der Waals surface area contributed by atoms with Gasteiger partial charge in [-0.2, -0.15) is 4.98 Å². The minimum absolute atomic E-state index is 0.277. The Kier molecular flexibility index (Phi) is 3.29. The number of pyridine rings is 1. The molecule has 0 atom stereocenters. The summed E-state index contributed by atoms with van der Waals surface area (Å²) in [5.74, 6) is 0.586. The monoisotopic (exact) mass is 233 g/mol. The smallest absolute Gasteiger partial charge is 0.269 e. The lowest BCUT2D eigenvalue weighted by atomic mass is 10.3. The molecule has 0 aromatic carbocycles. The lowest BCUT2D eigenvalue weighted by Gasteiger charge is -2.03. The first-order valence-corrected chi connectivity index (χ1v) is 5.01. The molecule has 0 unspecified atom stereocenters. The van der Waals surface area contributed by atoms with Gasteiger partial charge >= 0.3 is 0 Å². The molecule has 88 valence electrons. The molecule has 0 saturated heterocycles. The molecule has 2 rings (SSSR count). The van der Waals surface area contributed by atoms with Crippen LogP contribution in [0.15, 0.2) is 29.1 Å². The highest BCUT2D eigenvalue weighted by Crippen LogP contribution is 2.00. The van der Waals surface area contributed by atoms with Crippen molar-refractivity contribution in [2.45, 2.75) is 6.42 Å². The summed E-state index contributed by atoms with van der Waals surface area (Å²) in [7, 11) is 0. The molecule has 0 fully saturated rings. The van der Waals surface area contributed by atoms with Crippen LogP contribution in [0.3, 0.4) is 0 Å². The molecule has 0 aliphatic carbocycles. The van der Waals surface area contributed by atoms with Crippen LogP contribution >= 0.6 is 0 Å². The van der Waals surface area contributed by atoms with Gasteiger partial charge in [-0.15, -0.1) is 0 Å². The molecule has 2 aromatic rings. The van der Waals surface area contributed by atoms with Crippen LogP contribution in [-0.2, 0) is 6.42 Å². The molecule has 0 bridgehead atoms. The van der Waals surface area contributed by atoms with Gasteiger partial charge in [0.05, 0.1) is 0 Å². The van der Waals surface area contributed by atoms with Gasteiger partial charge < -0.3 is 15.6 Å². The van der Waals surface area contributed by atoms with Crippen molar-refractivity contribution in [1.82, 2.24) is 20.4 Å². The average molecular weight is 233 g/mol. The van der Waals surface area contributed by atoms with Crippen molar-refractivity contribution in [3.8, 4) is 0 Å². The number of carbonyl (C=O) groups is 1. The number of aromatic nitrogens is 3. The molecule has 0 aliphatic rings. The summed E-state index contributed by atoms with van der Waals surface area (Å²) >= 11 is 0. The first-order chi connectivity index (χ1) is 8.25. The highest BCUT2D eigenvalue weighted by atomic mass is 16.5. The highest BCUT2D eigenvalue weighted by Gasteiger charge is 2.07. The fourth-order valence-electron chi connectivity index (χ4n) is 1.26. The van der Waals surface area contributed by atoms with Crippen molar-refractivity contribution in [1.29, 1.82) is 0 Å². The van der Waals surface area contributed by atoms with Crippen LogP contribution < -0.4 is 11.1 Å². The van der Waals surface area contributed by atoms with Gasteiger partial charge in [0, 0.05) is 13.0 Å². The molecule has 7 heteroatoms. The highest BCUT2D eigenvalue weighted by molar-refractivity contribution is 5.92. The molecular formula is C10H11N5O2. The van der Waals surface area contributed by atoms with Gasteiger partial charge in [0.1, 0.15) is 11.5 Å². The maximum Gasteiger partial charge on any atom is 0.269 e. The van der Waals surface area contributed by atoms with Crippen molar-refractivity contribution in [3.05, 3.63) is 36.1 Å². The zero-order valence-electron chi connectivity index (χ0n) is 8.96. The van der Waals surface area contributed by atoms with E-state index in [1.807, 2.05) is 0 Å². The molecule has 0 aliphatic heterocycles. The number of nitrogen functional groups attached to an aromatic ring is 1. The minimum Gasteiger partial charge on any atom is -0.384 e. The van der Waals surface area contributed by atoms with Crippen LogP contribution in [0.4, 0.5) is 5.82 Å². The summed E-state index contributed by atoms with van der Waals surface area (Å²) in [6.07, 6.45) is 1.75. The van der Waals surface area contributed by atoms with E-state index in [0.717, 1.165) is 0 Å². The van der Waals surface area contributed by atoms with E-state index >= 15 is 0 Å². The number of nitrogens with zero attached hydrogens (tertiary/aromatic N) is 3. The number of hydrogen-bond acceptors (Lipinski definition) is 6. The van der Waals surface area contributed by atoms with Gasteiger partial charge in [0.2, 0.25) is 6.39 Å². The predicted octanol–water partition coefficient (Wildman–Crippen LogP) is 0.0193. The van der Waals surface area contributed by atoms with Crippen LogP contribution in [0.5, 0.6) is 0 Å².